The summed E-state index contributed by atoms with van der Waals surface area (Å²) in [5.41, 5.74) is -0.443. The molecule has 1 aromatic carbocycles. The maximum absolute atomic E-state index is 11.7. The third-order valence-electron chi connectivity index (χ3n) is 2.61. The molecule has 8 heteroatoms. The summed E-state index contributed by atoms with van der Waals surface area (Å²) in [6.45, 7) is 0. The maximum Gasteiger partial charge on any atom is 0.271 e. The third kappa shape index (κ3) is 3.10. The molecule has 1 fully saturated rings. The van der Waals surface area contributed by atoms with Crippen LogP contribution in [-0.4, -0.2) is 24.2 Å². The van der Waals surface area contributed by atoms with Crippen molar-refractivity contribution in [3.8, 4) is 5.75 Å². The lowest BCUT2D eigenvalue weighted by Crippen LogP contribution is -2.18. The molecule has 0 saturated heterocycles. The Bertz CT molecular complexity index is 580. The molecule has 2 N–H and O–H groups in total. The van der Waals surface area contributed by atoms with Crippen LogP contribution in [-0.2, 0) is 10.0 Å². The number of sulfonamides is 1. The highest BCUT2D eigenvalue weighted by atomic mass is 32.2. The SMILES string of the molecule is O=[N+]([O-])c1ccc(O)c(NS(=O)(=O)CC2CC2)c1. The van der Waals surface area contributed by atoms with Gasteiger partial charge in [0.1, 0.15) is 5.75 Å². The maximum atomic E-state index is 11.7. The predicted molar refractivity (Wildman–Crippen MR) is 64.9 cm³/mol. The minimum absolute atomic E-state index is 0.0187. The second-order valence-corrected chi connectivity index (χ2v) is 6.05. The van der Waals surface area contributed by atoms with E-state index in [0.717, 1.165) is 31.0 Å². The Morgan fingerprint density at radius 2 is 2.11 bits per heavy atom. The van der Waals surface area contributed by atoms with Gasteiger partial charge in [0.25, 0.3) is 5.69 Å². The van der Waals surface area contributed by atoms with Gasteiger partial charge in [-0.2, -0.15) is 0 Å². The van der Waals surface area contributed by atoms with Gasteiger partial charge >= 0.3 is 0 Å². The van der Waals surface area contributed by atoms with Crippen LogP contribution >= 0.6 is 0 Å². The van der Waals surface area contributed by atoms with E-state index in [1.165, 1.54) is 0 Å². The molecule has 98 valence electrons. The highest BCUT2D eigenvalue weighted by Crippen LogP contribution is 2.33. The summed E-state index contributed by atoms with van der Waals surface area (Å²) in [6, 6.07) is 3.20. The molecule has 1 aliphatic carbocycles. The second kappa shape index (κ2) is 4.45. The molecule has 0 atom stereocenters. The number of phenols is 1. The molecule has 2 rings (SSSR count). The van der Waals surface area contributed by atoms with Crippen molar-refractivity contribution in [3.05, 3.63) is 28.3 Å². The van der Waals surface area contributed by atoms with Crippen molar-refractivity contribution in [2.75, 3.05) is 10.5 Å². The number of phenolic OH excluding ortho intramolecular Hbond substituents is 1. The zero-order valence-corrected chi connectivity index (χ0v) is 10.2. The third-order valence-corrected chi connectivity index (χ3v) is 4.05. The van der Waals surface area contributed by atoms with E-state index in [2.05, 4.69) is 4.72 Å². The molecular weight excluding hydrogens is 260 g/mol. The van der Waals surface area contributed by atoms with Crippen molar-refractivity contribution >= 4 is 21.4 Å². The van der Waals surface area contributed by atoms with Gasteiger partial charge in [-0.15, -0.1) is 0 Å². The summed E-state index contributed by atoms with van der Waals surface area (Å²) in [5.74, 6) is -0.196. The number of hydrogen-bond acceptors (Lipinski definition) is 5. The van der Waals surface area contributed by atoms with Crippen molar-refractivity contribution in [1.29, 1.82) is 0 Å². The van der Waals surface area contributed by atoms with Gasteiger partial charge in [-0.25, -0.2) is 8.42 Å². The van der Waals surface area contributed by atoms with Gasteiger partial charge in [-0.1, -0.05) is 0 Å². The number of nitro benzene ring substituents is 1. The zero-order valence-electron chi connectivity index (χ0n) is 9.37. The first-order valence-corrected chi connectivity index (χ1v) is 7.00. The summed E-state index contributed by atoms with van der Waals surface area (Å²) in [7, 11) is -3.57. The average molecular weight is 272 g/mol. The van der Waals surface area contributed by atoms with Crippen LogP contribution in [0.3, 0.4) is 0 Å². The molecule has 1 aromatic rings. The summed E-state index contributed by atoms with van der Waals surface area (Å²) < 4.78 is 25.6. The van der Waals surface area contributed by atoms with Gasteiger partial charge < -0.3 is 5.11 Å². The van der Waals surface area contributed by atoms with Crippen LogP contribution in [0, 0.1) is 16.0 Å². The first kappa shape index (κ1) is 12.6. The van der Waals surface area contributed by atoms with E-state index in [9.17, 15) is 23.6 Å². The molecule has 0 unspecified atom stereocenters. The molecule has 7 nitrogen and oxygen atoms in total. The number of non-ortho nitro benzene ring substituents is 1. The Morgan fingerprint density at radius 1 is 1.44 bits per heavy atom. The van der Waals surface area contributed by atoms with Gasteiger partial charge in [0.2, 0.25) is 10.0 Å². The molecular formula is C10H12N2O5S. The second-order valence-electron chi connectivity index (χ2n) is 4.29. The molecule has 1 saturated carbocycles. The smallest absolute Gasteiger partial charge is 0.271 e. The van der Waals surface area contributed by atoms with Crippen LogP contribution in [0.2, 0.25) is 0 Å². The first-order chi connectivity index (χ1) is 8.37. The molecule has 0 aromatic heterocycles. The van der Waals surface area contributed by atoms with Gasteiger partial charge in [0.15, 0.2) is 0 Å². The van der Waals surface area contributed by atoms with E-state index in [0.29, 0.717) is 0 Å². The van der Waals surface area contributed by atoms with Crippen molar-refractivity contribution in [2.24, 2.45) is 5.92 Å². The standard InChI is InChI=1S/C10H12N2O5S/c13-10-4-3-8(12(14)15)5-9(10)11-18(16,17)6-7-1-2-7/h3-5,7,11,13H,1-2,6H2. The van der Waals surface area contributed by atoms with Gasteiger partial charge in [-0.05, 0) is 24.8 Å². The molecule has 0 amide bonds. The quantitative estimate of drug-likeness (QED) is 0.479. The van der Waals surface area contributed by atoms with E-state index in [4.69, 9.17) is 0 Å². The van der Waals surface area contributed by atoms with Crippen LogP contribution in [0.25, 0.3) is 0 Å². The number of anilines is 1. The average Bonchev–Trinajstić information content (AvgIpc) is 3.03. The molecule has 0 spiro atoms. The fraction of sp³-hybridized carbons (Fsp3) is 0.400. The predicted octanol–water partition coefficient (Wildman–Crippen LogP) is 1.45. The lowest BCUT2D eigenvalue weighted by Gasteiger charge is -2.08. The Kier molecular flexibility index (Phi) is 3.12. The van der Waals surface area contributed by atoms with Gasteiger partial charge in [0.05, 0.1) is 16.4 Å². The van der Waals surface area contributed by atoms with Crippen molar-refractivity contribution in [1.82, 2.24) is 0 Å². The number of nitrogens with zero attached hydrogens (tertiary/aromatic N) is 1. The Labute approximate surface area is 104 Å². The van der Waals surface area contributed by atoms with Gasteiger partial charge in [0, 0.05) is 12.1 Å². The lowest BCUT2D eigenvalue weighted by atomic mass is 10.2. The van der Waals surface area contributed by atoms with E-state index < -0.39 is 14.9 Å². The first-order valence-electron chi connectivity index (χ1n) is 5.35. The highest BCUT2D eigenvalue weighted by molar-refractivity contribution is 7.92. The van der Waals surface area contributed by atoms with Gasteiger partial charge in [-0.3, -0.25) is 14.8 Å². The fourth-order valence-electron chi connectivity index (χ4n) is 1.52. The molecule has 0 radical (unpaired) electrons. The number of hydrogen-bond donors (Lipinski definition) is 2. The number of rotatable bonds is 5. The minimum Gasteiger partial charge on any atom is -0.506 e. The van der Waals surface area contributed by atoms with Crippen LogP contribution < -0.4 is 4.72 Å². The molecule has 0 aliphatic heterocycles. The Morgan fingerprint density at radius 3 is 2.67 bits per heavy atom. The van der Waals surface area contributed by atoms with Crippen molar-refractivity contribution < 1.29 is 18.4 Å². The topological polar surface area (TPSA) is 110 Å². The van der Waals surface area contributed by atoms with Crippen molar-refractivity contribution in [3.63, 3.8) is 0 Å². The summed E-state index contributed by atoms with van der Waals surface area (Å²) in [4.78, 5) is 9.91. The molecule has 0 heterocycles. The Hall–Kier alpha value is -1.83. The number of aromatic hydroxyl groups is 1. The largest absolute Gasteiger partial charge is 0.506 e. The van der Waals surface area contributed by atoms with E-state index in [1.54, 1.807) is 0 Å². The minimum atomic E-state index is -3.57. The zero-order chi connectivity index (χ0) is 13.3. The fourth-order valence-corrected chi connectivity index (χ4v) is 3.06. The highest BCUT2D eigenvalue weighted by Gasteiger charge is 2.28. The monoisotopic (exact) mass is 272 g/mol. The van der Waals surface area contributed by atoms with Crippen LogP contribution in [0.1, 0.15) is 12.8 Å². The van der Waals surface area contributed by atoms with E-state index >= 15 is 0 Å². The summed E-state index contributed by atoms with van der Waals surface area (Å²) >= 11 is 0. The summed E-state index contributed by atoms with van der Waals surface area (Å²) in [6.07, 6.45) is 1.75. The Balaban J connectivity index is 2.21. The van der Waals surface area contributed by atoms with Crippen LogP contribution in [0.15, 0.2) is 18.2 Å². The number of nitrogens with one attached hydrogen (secondary N) is 1. The number of nitro groups is 1. The molecule has 18 heavy (non-hydrogen) atoms. The van der Waals surface area contributed by atoms with E-state index in [1.807, 2.05) is 0 Å². The molecule has 1 aliphatic rings. The van der Waals surface area contributed by atoms with Crippen LogP contribution in [0.5, 0.6) is 5.75 Å². The lowest BCUT2D eigenvalue weighted by molar-refractivity contribution is -0.384. The normalized spacial score (nSPS) is 15.3. The van der Waals surface area contributed by atoms with Crippen molar-refractivity contribution in [2.45, 2.75) is 12.8 Å². The summed E-state index contributed by atoms with van der Waals surface area (Å²) in [5, 5.41) is 20.0. The number of benzene rings is 1. The molecule has 0 bridgehead atoms. The van der Waals surface area contributed by atoms with Crippen LogP contribution in [0.4, 0.5) is 11.4 Å². The van der Waals surface area contributed by atoms with E-state index in [-0.39, 0.29) is 28.8 Å².